The lowest BCUT2D eigenvalue weighted by molar-refractivity contribution is 0.0989. The molecule has 1 aromatic rings. The summed E-state index contributed by atoms with van der Waals surface area (Å²) in [5.41, 5.74) is 5.69. The fourth-order valence-electron chi connectivity index (χ4n) is 1.24. The average molecular weight is 239 g/mol. The van der Waals surface area contributed by atoms with Gasteiger partial charge in [-0.2, -0.15) is 4.98 Å². The third-order valence-corrected chi connectivity index (χ3v) is 2.08. The highest BCUT2D eigenvalue weighted by molar-refractivity contribution is 5.33. The number of anilines is 1. The van der Waals surface area contributed by atoms with E-state index in [1.54, 1.807) is 6.07 Å². The summed E-state index contributed by atoms with van der Waals surface area (Å²) in [4.78, 5) is 8.43. The quantitative estimate of drug-likeness (QED) is 0.737. The van der Waals surface area contributed by atoms with Crippen LogP contribution in [0.3, 0.4) is 0 Å². The molecular weight excluding hydrogens is 218 g/mol. The molecule has 0 spiro atoms. The molecule has 17 heavy (non-hydrogen) atoms. The van der Waals surface area contributed by atoms with Crippen LogP contribution in [0.15, 0.2) is 6.07 Å². The minimum Gasteiger partial charge on any atom is -0.475 e. The van der Waals surface area contributed by atoms with Crippen LogP contribution in [0.5, 0.6) is 5.88 Å². The average Bonchev–Trinajstić information content (AvgIpc) is 2.28. The summed E-state index contributed by atoms with van der Waals surface area (Å²) >= 11 is 0. The van der Waals surface area contributed by atoms with Crippen molar-refractivity contribution in [2.45, 2.75) is 33.1 Å². The first-order valence-electron chi connectivity index (χ1n) is 5.98. The molecule has 0 saturated heterocycles. The van der Waals surface area contributed by atoms with Crippen LogP contribution in [0.25, 0.3) is 0 Å². The Morgan fingerprint density at radius 1 is 1.24 bits per heavy atom. The van der Waals surface area contributed by atoms with Crippen molar-refractivity contribution < 1.29 is 9.47 Å². The monoisotopic (exact) mass is 239 g/mol. The van der Waals surface area contributed by atoms with Crippen LogP contribution in [0, 0.1) is 0 Å². The summed E-state index contributed by atoms with van der Waals surface area (Å²) < 4.78 is 10.8. The Bertz CT molecular complexity index is 343. The van der Waals surface area contributed by atoms with E-state index < -0.39 is 0 Å². The smallest absolute Gasteiger partial charge is 0.218 e. The van der Waals surface area contributed by atoms with Crippen molar-refractivity contribution in [3.63, 3.8) is 0 Å². The minimum absolute atomic E-state index is 0.234. The van der Waals surface area contributed by atoms with E-state index in [-0.39, 0.29) is 5.92 Å². The van der Waals surface area contributed by atoms with Crippen LogP contribution in [0.2, 0.25) is 0 Å². The number of hydrogen-bond donors (Lipinski definition) is 1. The molecule has 0 amide bonds. The Kier molecular flexibility index (Phi) is 5.69. The number of nitrogens with two attached hydrogens (primary N) is 1. The van der Waals surface area contributed by atoms with Gasteiger partial charge < -0.3 is 15.2 Å². The standard InChI is InChI=1S/C12H21N3O2/c1-4-5-16-6-7-17-11-8-10(13)14-12(15-11)9(2)3/h8-9H,4-7H2,1-3H3,(H2,13,14,15). The van der Waals surface area contributed by atoms with Crippen LogP contribution < -0.4 is 10.5 Å². The molecule has 1 rings (SSSR count). The Balaban J connectivity index is 2.47. The van der Waals surface area contributed by atoms with Gasteiger partial charge in [-0.25, -0.2) is 4.98 Å². The fraction of sp³-hybridized carbons (Fsp3) is 0.667. The first-order valence-corrected chi connectivity index (χ1v) is 5.98. The second-order valence-electron chi connectivity index (χ2n) is 4.10. The molecule has 0 bridgehead atoms. The molecule has 0 aliphatic carbocycles. The summed E-state index contributed by atoms with van der Waals surface area (Å²) in [6.07, 6.45) is 1.01. The molecule has 96 valence electrons. The Hall–Kier alpha value is -1.36. The fourth-order valence-corrected chi connectivity index (χ4v) is 1.24. The molecule has 0 aliphatic heterocycles. The Labute approximate surface area is 102 Å². The van der Waals surface area contributed by atoms with Crippen LogP contribution in [0.1, 0.15) is 38.9 Å². The maximum absolute atomic E-state index is 5.69. The third-order valence-electron chi connectivity index (χ3n) is 2.08. The molecule has 0 fully saturated rings. The summed E-state index contributed by atoms with van der Waals surface area (Å²) in [6.45, 7) is 7.90. The van der Waals surface area contributed by atoms with E-state index in [4.69, 9.17) is 15.2 Å². The lowest BCUT2D eigenvalue weighted by Gasteiger charge is -2.09. The summed E-state index contributed by atoms with van der Waals surface area (Å²) in [6, 6.07) is 1.63. The highest BCUT2D eigenvalue weighted by atomic mass is 16.5. The molecule has 2 N–H and O–H groups in total. The topological polar surface area (TPSA) is 70.3 Å². The molecule has 0 aromatic carbocycles. The van der Waals surface area contributed by atoms with Crippen molar-refractivity contribution in [2.24, 2.45) is 0 Å². The first kappa shape index (κ1) is 13.7. The van der Waals surface area contributed by atoms with Gasteiger partial charge in [0.25, 0.3) is 0 Å². The molecule has 5 heteroatoms. The zero-order chi connectivity index (χ0) is 12.7. The molecule has 0 atom stereocenters. The van der Waals surface area contributed by atoms with Gasteiger partial charge in [0.05, 0.1) is 6.61 Å². The number of ether oxygens (including phenoxy) is 2. The predicted molar refractivity (Wildman–Crippen MR) is 67.1 cm³/mol. The van der Waals surface area contributed by atoms with E-state index in [2.05, 4.69) is 16.9 Å². The number of hydrogen-bond acceptors (Lipinski definition) is 5. The number of nitrogen functional groups attached to an aromatic ring is 1. The largest absolute Gasteiger partial charge is 0.475 e. The summed E-state index contributed by atoms with van der Waals surface area (Å²) in [5, 5.41) is 0. The molecule has 1 heterocycles. The van der Waals surface area contributed by atoms with Gasteiger partial charge in [-0.15, -0.1) is 0 Å². The van der Waals surface area contributed by atoms with Gasteiger partial charge >= 0.3 is 0 Å². The maximum Gasteiger partial charge on any atom is 0.218 e. The van der Waals surface area contributed by atoms with Crippen molar-refractivity contribution in [2.75, 3.05) is 25.6 Å². The van der Waals surface area contributed by atoms with Crippen molar-refractivity contribution in [3.05, 3.63) is 11.9 Å². The van der Waals surface area contributed by atoms with Crippen LogP contribution in [-0.2, 0) is 4.74 Å². The summed E-state index contributed by atoms with van der Waals surface area (Å²) in [5.74, 6) is 1.89. The maximum atomic E-state index is 5.69. The molecule has 1 aromatic heterocycles. The Morgan fingerprint density at radius 2 is 2.00 bits per heavy atom. The summed E-state index contributed by atoms with van der Waals surface area (Å²) in [7, 11) is 0. The lowest BCUT2D eigenvalue weighted by atomic mass is 10.2. The molecule has 0 unspecified atom stereocenters. The van der Waals surface area contributed by atoms with Gasteiger partial charge in [0.15, 0.2) is 0 Å². The number of rotatable bonds is 7. The second-order valence-corrected chi connectivity index (χ2v) is 4.10. The van der Waals surface area contributed by atoms with Crippen LogP contribution in [0.4, 0.5) is 5.82 Å². The van der Waals surface area contributed by atoms with Crippen molar-refractivity contribution >= 4 is 5.82 Å². The van der Waals surface area contributed by atoms with E-state index in [0.29, 0.717) is 30.7 Å². The number of aromatic nitrogens is 2. The third kappa shape index (κ3) is 4.99. The van der Waals surface area contributed by atoms with Gasteiger partial charge in [-0.05, 0) is 6.42 Å². The molecule has 5 nitrogen and oxygen atoms in total. The number of nitrogens with zero attached hydrogens (tertiary/aromatic N) is 2. The molecular formula is C12H21N3O2. The highest BCUT2D eigenvalue weighted by Gasteiger charge is 2.07. The molecule has 0 radical (unpaired) electrons. The van der Waals surface area contributed by atoms with Crippen molar-refractivity contribution in [1.82, 2.24) is 9.97 Å². The highest BCUT2D eigenvalue weighted by Crippen LogP contribution is 2.16. The van der Waals surface area contributed by atoms with E-state index >= 15 is 0 Å². The minimum atomic E-state index is 0.234. The zero-order valence-electron chi connectivity index (χ0n) is 10.8. The van der Waals surface area contributed by atoms with Gasteiger partial charge in [-0.3, -0.25) is 0 Å². The second kappa shape index (κ2) is 7.06. The van der Waals surface area contributed by atoms with Crippen LogP contribution >= 0.6 is 0 Å². The van der Waals surface area contributed by atoms with E-state index in [9.17, 15) is 0 Å². The van der Waals surface area contributed by atoms with Gasteiger partial charge in [-0.1, -0.05) is 20.8 Å². The lowest BCUT2D eigenvalue weighted by Crippen LogP contribution is -2.10. The van der Waals surface area contributed by atoms with E-state index in [1.807, 2.05) is 13.8 Å². The molecule has 0 aliphatic rings. The van der Waals surface area contributed by atoms with Gasteiger partial charge in [0.2, 0.25) is 5.88 Å². The van der Waals surface area contributed by atoms with E-state index in [0.717, 1.165) is 13.0 Å². The van der Waals surface area contributed by atoms with Gasteiger partial charge in [0, 0.05) is 18.6 Å². The Morgan fingerprint density at radius 3 is 2.65 bits per heavy atom. The van der Waals surface area contributed by atoms with Crippen molar-refractivity contribution in [3.8, 4) is 5.88 Å². The predicted octanol–water partition coefficient (Wildman–Crippen LogP) is 1.99. The van der Waals surface area contributed by atoms with Crippen molar-refractivity contribution in [1.29, 1.82) is 0 Å². The first-order chi connectivity index (χ1) is 8.13. The zero-order valence-corrected chi connectivity index (χ0v) is 10.8. The van der Waals surface area contributed by atoms with Crippen LogP contribution in [-0.4, -0.2) is 29.8 Å². The molecule has 0 saturated carbocycles. The van der Waals surface area contributed by atoms with E-state index in [1.165, 1.54) is 0 Å². The normalized spacial score (nSPS) is 10.8. The SMILES string of the molecule is CCCOCCOc1cc(N)nc(C(C)C)n1. The van der Waals surface area contributed by atoms with Gasteiger partial charge in [0.1, 0.15) is 18.2 Å².